The predicted octanol–water partition coefficient (Wildman–Crippen LogP) is 2.35. The Labute approximate surface area is 94.7 Å². The average molecular weight is 230 g/mol. The summed E-state index contributed by atoms with van der Waals surface area (Å²) >= 11 is 3.94. The highest BCUT2D eigenvalue weighted by molar-refractivity contribution is 8.13. The van der Waals surface area contributed by atoms with Gasteiger partial charge in [0.25, 0.3) is 0 Å². The summed E-state index contributed by atoms with van der Waals surface area (Å²) in [6.45, 7) is 2.24. The van der Waals surface area contributed by atoms with Gasteiger partial charge < -0.3 is 5.32 Å². The molecule has 0 amide bonds. The van der Waals surface area contributed by atoms with Crippen LogP contribution in [-0.2, 0) is 0 Å². The monoisotopic (exact) mass is 230 g/mol. The van der Waals surface area contributed by atoms with Gasteiger partial charge in [-0.2, -0.15) is 11.8 Å². The summed E-state index contributed by atoms with van der Waals surface area (Å²) in [7, 11) is 0. The molecule has 0 bridgehead atoms. The molecule has 2 aliphatic heterocycles. The number of amidine groups is 1. The van der Waals surface area contributed by atoms with Crippen molar-refractivity contribution in [3.05, 3.63) is 0 Å². The lowest BCUT2D eigenvalue weighted by Crippen LogP contribution is -2.36. The third-order valence-electron chi connectivity index (χ3n) is 2.60. The van der Waals surface area contributed by atoms with Gasteiger partial charge in [-0.15, -0.1) is 0 Å². The SMILES string of the molecule is CC1CCSC(=NC2CCCSC2)N1. The Hall–Kier alpha value is 0.170. The number of nitrogens with one attached hydrogen (secondary N) is 1. The predicted molar refractivity (Wildman–Crippen MR) is 67.5 cm³/mol. The van der Waals surface area contributed by atoms with E-state index in [1.165, 1.54) is 41.7 Å². The van der Waals surface area contributed by atoms with E-state index in [0.29, 0.717) is 12.1 Å². The van der Waals surface area contributed by atoms with Crippen LogP contribution >= 0.6 is 23.5 Å². The van der Waals surface area contributed by atoms with Crippen LogP contribution in [0.25, 0.3) is 0 Å². The van der Waals surface area contributed by atoms with Gasteiger partial charge in [0.15, 0.2) is 5.17 Å². The van der Waals surface area contributed by atoms with E-state index in [1.807, 2.05) is 23.5 Å². The maximum absolute atomic E-state index is 4.79. The molecule has 4 heteroatoms. The number of aliphatic imine (C=N–C) groups is 1. The number of nitrogens with zero attached hydrogens (tertiary/aromatic N) is 1. The summed E-state index contributed by atoms with van der Waals surface area (Å²) in [6.07, 6.45) is 3.89. The number of rotatable bonds is 1. The van der Waals surface area contributed by atoms with Crippen LogP contribution in [0, 0.1) is 0 Å². The first-order valence-electron chi connectivity index (χ1n) is 5.39. The zero-order valence-corrected chi connectivity index (χ0v) is 10.3. The Morgan fingerprint density at radius 3 is 3.00 bits per heavy atom. The first-order chi connectivity index (χ1) is 6.84. The standard InChI is InChI=1S/C10H18N2S2/c1-8-4-6-14-10(11-8)12-9-3-2-5-13-7-9/h8-9H,2-7H2,1H3,(H,11,12). The Bertz CT molecular complexity index is 212. The Kier molecular flexibility index (Phi) is 4.05. The van der Waals surface area contributed by atoms with Crippen molar-refractivity contribution in [2.24, 2.45) is 4.99 Å². The molecule has 0 radical (unpaired) electrons. The lowest BCUT2D eigenvalue weighted by molar-refractivity contribution is 0.620. The van der Waals surface area contributed by atoms with Gasteiger partial charge in [-0.1, -0.05) is 11.8 Å². The topological polar surface area (TPSA) is 24.4 Å². The van der Waals surface area contributed by atoms with Crippen LogP contribution in [0.3, 0.4) is 0 Å². The number of hydrogen-bond acceptors (Lipinski definition) is 3. The number of hydrogen-bond donors (Lipinski definition) is 1. The van der Waals surface area contributed by atoms with Crippen LogP contribution in [0.5, 0.6) is 0 Å². The first-order valence-corrected chi connectivity index (χ1v) is 7.53. The molecule has 2 saturated heterocycles. The van der Waals surface area contributed by atoms with E-state index in [1.54, 1.807) is 0 Å². The van der Waals surface area contributed by atoms with Crippen LogP contribution < -0.4 is 5.32 Å². The summed E-state index contributed by atoms with van der Waals surface area (Å²) in [5.74, 6) is 3.78. The number of thioether (sulfide) groups is 2. The first kappa shape index (κ1) is 10.7. The Balaban J connectivity index is 1.88. The molecule has 2 fully saturated rings. The second kappa shape index (κ2) is 5.31. The summed E-state index contributed by atoms with van der Waals surface area (Å²) in [5.41, 5.74) is 0. The lowest BCUT2D eigenvalue weighted by Gasteiger charge is -2.24. The minimum absolute atomic E-state index is 0.578. The quantitative estimate of drug-likeness (QED) is 0.748. The average Bonchev–Trinajstić information content (AvgIpc) is 2.19. The van der Waals surface area contributed by atoms with Crippen molar-refractivity contribution in [2.75, 3.05) is 17.3 Å². The van der Waals surface area contributed by atoms with E-state index < -0.39 is 0 Å². The second-order valence-electron chi connectivity index (χ2n) is 3.99. The van der Waals surface area contributed by atoms with Crippen molar-refractivity contribution in [1.82, 2.24) is 5.32 Å². The van der Waals surface area contributed by atoms with E-state index >= 15 is 0 Å². The Morgan fingerprint density at radius 1 is 1.36 bits per heavy atom. The van der Waals surface area contributed by atoms with Gasteiger partial charge >= 0.3 is 0 Å². The van der Waals surface area contributed by atoms with Crippen molar-refractivity contribution in [3.8, 4) is 0 Å². The Morgan fingerprint density at radius 2 is 2.29 bits per heavy atom. The molecule has 0 spiro atoms. The maximum atomic E-state index is 4.79. The minimum atomic E-state index is 0.578. The van der Waals surface area contributed by atoms with Crippen LogP contribution in [0.4, 0.5) is 0 Å². The molecule has 2 atom stereocenters. The molecule has 0 aromatic rings. The van der Waals surface area contributed by atoms with Crippen LogP contribution in [-0.4, -0.2) is 34.5 Å². The third-order valence-corrected chi connectivity index (χ3v) is 4.73. The van der Waals surface area contributed by atoms with Crippen LogP contribution in [0.1, 0.15) is 26.2 Å². The van der Waals surface area contributed by atoms with Gasteiger partial charge in [0.2, 0.25) is 0 Å². The summed E-state index contributed by atoms with van der Waals surface area (Å²) in [4.78, 5) is 4.79. The van der Waals surface area contributed by atoms with E-state index in [-0.39, 0.29) is 0 Å². The fourth-order valence-electron chi connectivity index (χ4n) is 1.72. The van der Waals surface area contributed by atoms with Crippen molar-refractivity contribution in [2.45, 2.75) is 38.3 Å². The summed E-state index contributed by atoms with van der Waals surface area (Å²) < 4.78 is 0. The molecule has 2 unspecified atom stereocenters. The molecule has 14 heavy (non-hydrogen) atoms. The fourth-order valence-corrected chi connectivity index (χ4v) is 3.95. The molecular formula is C10H18N2S2. The van der Waals surface area contributed by atoms with Gasteiger partial charge in [-0.3, -0.25) is 4.99 Å². The fraction of sp³-hybridized carbons (Fsp3) is 0.900. The molecule has 0 saturated carbocycles. The third kappa shape index (κ3) is 3.09. The molecule has 0 aromatic heterocycles. The molecule has 2 rings (SSSR count). The largest absolute Gasteiger partial charge is 0.362 e. The molecule has 2 heterocycles. The zero-order chi connectivity index (χ0) is 9.80. The van der Waals surface area contributed by atoms with E-state index in [0.717, 1.165) is 0 Å². The lowest BCUT2D eigenvalue weighted by atomic mass is 10.2. The molecule has 1 N–H and O–H groups in total. The smallest absolute Gasteiger partial charge is 0.157 e. The van der Waals surface area contributed by atoms with Crippen molar-refractivity contribution in [3.63, 3.8) is 0 Å². The molecule has 2 aliphatic rings. The van der Waals surface area contributed by atoms with E-state index in [2.05, 4.69) is 12.2 Å². The van der Waals surface area contributed by atoms with E-state index in [9.17, 15) is 0 Å². The van der Waals surface area contributed by atoms with E-state index in [4.69, 9.17) is 4.99 Å². The van der Waals surface area contributed by atoms with Gasteiger partial charge in [0.05, 0.1) is 6.04 Å². The molecule has 2 nitrogen and oxygen atoms in total. The minimum Gasteiger partial charge on any atom is -0.362 e. The molecule has 0 aromatic carbocycles. The molecule has 0 aliphatic carbocycles. The summed E-state index contributed by atoms with van der Waals surface area (Å²) in [6, 6.07) is 1.19. The van der Waals surface area contributed by atoms with Crippen molar-refractivity contribution >= 4 is 28.7 Å². The second-order valence-corrected chi connectivity index (χ2v) is 6.22. The highest BCUT2D eigenvalue weighted by Crippen LogP contribution is 2.22. The van der Waals surface area contributed by atoms with Crippen molar-refractivity contribution < 1.29 is 0 Å². The van der Waals surface area contributed by atoms with Gasteiger partial charge in [0, 0.05) is 17.5 Å². The maximum Gasteiger partial charge on any atom is 0.157 e. The summed E-state index contributed by atoms with van der Waals surface area (Å²) in [5, 5.41) is 4.66. The van der Waals surface area contributed by atoms with Crippen molar-refractivity contribution in [1.29, 1.82) is 0 Å². The highest BCUT2D eigenvalue weighted by Gasteiger charge is 2.17. The molecule has 80 valence electrons. The zero-order valence-electron chi connectivity index (χ0n) is 8.66. The van der Waals surface area contributed by atoms with Gasteiger partial charge in [-0.25, -0.2) is 0 Å². The van der Waals surface area contributed by atoms with Crippen LogP contribution in [0.15, 0.2) is 4.99 Å². The molecular weight excluding hydrogens is 212 g/mol. The highest BCUT2D eigenvalue weighted by atomic mass is 32.2. The normalized spacial score (nSPS) is 36.8. The van der Waals surface area contributed by atoms with Gasteiger partial charge in [0.1, 0.15) is 0 Å². The van der Waals surface area contributed by atoms with Gasteiger partial charge in [-0.05, 0) is 31.9 Å². The van der Waals surface area contributed by atoms with Crippen LogP contribution in [0.2, 0.25) is 0 Å².